The Morgan fingerprint density at radius 1 is 1.19 bits per heavy atom. The lowest BCUT2D eigenvalue weighted by Crippen LogP contribution is -2.38. The third-order valence-electron chi connectivity index (χ3n) is 4.84. The largest absolute Gasteiger partial charge is 0.496 e. The Morgan fingerprint density at radius 2 is 1.81 bits per heavy atom. The van der Waals surface area contributed by atoms with Crippen molar-refractivity contribution in [1.29, 1.82) is 0 Å². The molecule has 0 saturated heterocycles. The molecule has 0 radical (unpaired) electrons. The standard InChI is InChI=1S/C18H28ClNO/c1-17(2,3)14-10-13(19)11-15(16(14)21-4)18(12-20)8-6-5-7-9-18/h10-11H,5-9,12,20H2,1-4H3. The normalized spacial score (nSPS) is 18.6. The number of nitrogens with two attached hydrogens (primary N) is 1. The fourth-order valence-corrected chi connectivity index (χ4v) is 3.79. The summed E-state index contributed by atoms with van der Waals surface area (Å²) in [6.45, 7) is 7.25. The van der Waals surface area contributed by atoms with Crippen LogP contribution in [0.3, 0.4) is 0 Å². The van der Waals surface area contributed by atoms with Crippen molar-refractivity contribution >= 4 is 11.6 Å². The monoisotopic (exact) mass is 309 g/mol. The van der Waals surface area contributed by atoms with E-state index in [1.54, 1.807) is 7.11 Å². The van der Waals surface area contributed by atoms with Gasteiger partial charge in [0.05, 0.1) is 7.11 Å². The van der Waals surface area contributed by atoms with E-state index in [0.717, 1.165) is 23.6 Å². The molecule has 0 spiro atoms. The van der Waals surface area contributed by atoms with Crippen LogP contribution < -0.4 is 10.5 Å². The van der Waals surface area contributed by atoms with Gasteiger partial charge in [0, 0.05) is 28.1 Å². The molecule has 2 nitrogen and oxygen atoms in total. The van der Waals surface area contributed by atoms with Crippen molar-refractivity contribution in [2.75, 3.05) is 13.7 Å². The highest BCUT2D eigenvalue weighted by Crippen LogP contribution is 2.47. The van der Waals surface area contributed by atoms with Gasteiger partial charge in [-0.3, -0.25) is 0 Å². The topological polar surface area (TPSA) is 35.2 Å². The first-order chi connectivity index (χ1) is 9.84. The Bertz CT molecular complexity index is 499. The Kier molecular flexibility index (Phi) is 4.89. The second-order valence-electron chi connectivity index (χ2n) is 7.33. The van der Waals surface area contributed by atoms with Crippen LogP contribution in [0.5, 0.6) is 5.75 Å². The van der Waals surface area contributed by atoms with E-state index in [1.165, 1.54) is 30.4 Å². The van der Waals surface area contributed by atoms with Gasteiger partial charge in [-0.05, 0) is 30.4 Å². The molecule has 1 saturated carbocycles. The third kappa shape index (κ3) is 3.22. The molecular weight excluding hydrogens is 282 g/mol. The third-order valence-corrected chi connectivity index (χ3v) is 5.06. The maximum Gasteiger partial charge on any atom is 0.126 e. The van der Waals surface area contributed by atoms with Crippen LogP contribution in [0.4, 0.5) is 0 Å². The lowest BCUT2D eigenvalue weighted by atomic mass is 9.68. The Morgan fingerprint density at radius 3 is 2.29 bits per heavy atom. The predicted molar refractivity (Wildman–Crippen MR) is 90.5 cm³/mol. The molecule has 1 aromatic rings. The SMILES string of the molecule is COc1c(C(C)(C)C)cc(Cl)cc1C1(CN)CCCCC1. The van der Waals surface area contributed by atoms with E-state index in [9.17, 15) is 0 Å². The molecule has 0 aromatic heterocycles. The molecular formula is C18H28ClNO. The Labute approximate surface area is 134 Å². The minimum absolute atomic E-state index is 0.00452. The average Bonchev–Trinajstić information content (AvgIpc) is 2.46. The van der Waals surface area contributed by atoms with Gasteiger partial charge < -0.3 is 10.5 Å². The summed E-state index contributed by atoms with van der Waals surface area (Å²) in [4.78, 5) is 0. The van der Waals surface area contributed by atoms with Crippen LogP contribution >= 0.6 is 11.6 Å². The van der Waals surface area contributed by atoms with Gasteiger partial charge in [0.2, 0.25) is 0 Å². The van der Waals surface area contributed by atoms with Gasteiger partial charge in [0.15, 0.2) is 0 Å². The van der Waals surface area contributed by atoms with Gasteiger partial charge in [0.1, 0.15) is 5.75 Å². The molecule has 2 N–H and O–H groups in total. The second-order valence-corrected chi connectivity index (χ2v) is 7.77. The molecule has 118 valence electrons. The Hall–Kier alpha value is -0.730. The van der Waals surface area contributed by atoms with Crippen LogP contribution in [-0.4, -0.2) is 13.7 Å². The fourth-order valence-electron chi connectivity index (χ4n) is 3.58. The van der Waals surface area contributed by atoms with Crippen molar-refractivity contribution in [2.45, 2.75) is 63.7 Å². The number of ether oxygens (including phenoxy) is 1. The van der Waals surface area contributed by atoms with Crippen LogP contribution in [0, 0.1) is 0 Å². The van der Waals surface area contributed by atoms with Gasteiger partial charge in [-0.2, -0.15) is 0 Å². The molecule has 0 atom stereocenters. The fraction of sp³-hybridized carbons (Fsp3) is 0.667. The molecule has 2 rings (SSSR count). The summed E-state index contributed by atoms with van der Waals surface area (Å²) in [5.41, 5.74) is 8.61. The zero-order valence-electron chi connectivity index (χ0n) is 13.8. The average molecular weight is 310 g/mol. The number of benzene rings is 1. The number of methoxy groups -OCH3 is 1. The van der Waals surface area contributed by atoms with Crippen LogP contribution in [0.1, 0.15) is 64.0 Å². The highest BCUT2D eigenvalue weighted by atomic mass is 35.5. The van der Waals surface area contributed by atoms with Gasteiger partial charge in [-0.25, -0.2) is 0 Å². The molecule has 1 aromatic carbocycles. The molecule has 0 heterocycles. The van der Waals surface area contributed by atoms with Crippen molar-refractivity contribution < 1.29 is 4.74 Å². The van der Waals surface area contributed by atoms with Gasteiger partial charge in [-0.15, -0.1) is 0 Å². The summed E-state index contributed by atoms with van der Waals surface area (Å²) in [7, 11) is 1.76. The maximum atomic E-state index is 6.43. The van der Waals surface area contributed by atoms with E-state index in [-0.39, 0.29) is 10.8 Å². The lowest BCUT2D eigenvalue weighted by molar-refractivity contribution is 0.285. The van der Waals surface area contributed by atoms with E-state index in [0.29, 0.717) is 6.54 Å². The van der Waals surface area contributed by atoms with Crippen LogP contribution in [-0.2, 0) is 10.8 Å². The molecule has 1 aliphatic carbocycles. The van der Waals surface area contributed by atoms with Crippen LogP contribution in [0.15, 0.2) is 12.1 Å². The van der Waals surface area contributed by atoms with E-state index in [1.807, 2.05) is 6.07 Å². The second kappa shape index (κ2) is 6.18. The molecule has 0 bridgehead atoms. The zero-order chi connectivity index (χ0) is 15.7. The van der Waals surface area contributed by atoms with Gasteiger partial charge in [-0.1, -0.05) is 51.6 Å². The lowest BCUT2D eigenvalue weighted by Gasteiger charge is -2.39. The van der Waals surface area contributed by atoms with E-state index < -0.39 is 0 Å². The van der Waals surface area contributed by atoms with E-state index >= 15 is 0 Å². The minimum atomic E-state index is -0.00452. The van der Waals surface area contributed by atoms with Crippen LogP contribution in [0.2, 0.25) is 5.02 Å². The molecule has 0 aliphatic heterocycles. The van der Waals surface area contributed by atoms with E-state index in [4.69, 9.17) is 22.1 Å². The van der Waals surface area contributed by atoms with E-state index in [2.05, 4.69) is 26.8 Å². The van der Waals surface area contributed by atoms with Gasteiger partial charge >= 0.3 is 0 Å². The van der Waals surface area contributed by atoms with Crippen molar-refractivity contribution in [3.63, 3.8) is 0 Å². The molecule has 21 heavy (non-hydrogen) atoms. The summed E-state index contributed by atoms with van der Waals surface area (Å²) in [6.07, 6.45) is 6.03. The predicted octanol–water partition coefficient (Wildman–Crippen LogP) is 4.81. The Balaban J connectivity index is 2.64. The van der Waals surface area contributed by atoms with Crippen molar-refractivity contribution in [3.05, 3.63) is 28.3 Å². The minimum Gasteiger partial charge on any atom is -0.496 e. The highest BCUT2D eigenvalue weighted by molar-refractivity contribution is 6.30. The quantitative estimate of drug-likeness (QED) is 0.870. The summed E-state index contributed by atoms with van der Waals surface area (Å²) in [5, 5.41) is 0.786. The van der Waals surface area contributed by atoms with Crippen molar-refractivity contribution in [1.82, 2.24) is 0 Å². The number of rotatable bonds is 3. The number of hydrogen-bond donors (Lipinski definition) is 1. The summed E-state index contributed by atoms with van der Waals surface area (Å²) < 4.78 is 5.82. The smallest absolute Gasteiger partial charge is 0.126 e. The molecule has 3 heteroatoms. The summed E-state index contributed by atoms with van der Waals surface area (Å²) >= 11 is 6.43. The van der Waals surface area contributed by atoms with Gasteiger partial charge in [0.25, 0.3) is 0 Å². The number of hydrogen-bond acceptors (Lipinski definition) is 2. The van der Waals surface area contributed by atoms with Crippen molar-refractivity contribution in [2.24, 2.45) is 5.73 Å². The molecule has 0 unspecified atom stereocenters. The highest BCUT2D eigenvalue weighted by Gasteiger charge is 2.37. The zero-order valence-corrected chi connectivity index (χ0v) is 14.5. The summed E-state index contributed by atoms with van der Waals surface area (Å²) in [5.74, 6) is 0.985. The first-order valence-corrected chi connectivity index (χ1v) is 8.30. The first kappa shape index (κ1) is 16.6. The first-order valence-electron chi connectivity index (χ1n) is 7.92. The molecule has 1 fully saturated rings. The number of halogens is 1. The summed E-state index contributed by atoms with van der Waals surface area (Å²) in [6, 6.07) is 4.12. The van der Waals surface area contributed by atoms with Crippen molar-refractivity contribution in [3.8, 4) is 5.75 Å². The maximum absolute atomic E-state index is 6.43. The molecule has 1 aliphatic rings. The van der Waals surface area contributed by atoms with Crippen LogP contribution in [0.25, 0.3) is 0 Å². The molecule has 0 amide bonds.